The summed E-state index contributed by atoms with van der Waals surface area (Å²) in [5.41, 5.74) is 0. The van der Waals surface area contributed by atoms with Gasteiger partial charge < -0.3 is 10.1 Å². The molecule has 0 aromatic heterocycles. The van der Waals surface area contributed by atoms with Crippen LogP contribution in [0, 0.1) is 23.7 Å². The smallest absolute Gasteiger partial charge is 0.110 e. The minimum Gasteiger partial charge on any atom is -0.497 e. The van der Waals surface area contributed by atoms with E-state index in [1.807, 2.05) is 6.26 Å². The Morgan fingerprint density at radius 2 is 1.72 bits per heavy atom. The van der Waals surface area contributed by atoms with Crippen molar-refractivity contribution in [3.05, 3.63) is 12.3 Å². The molecule has 0 amide bonds. The number of hydrogen-bond acceptors (Lipinski definition) is 2. The molecule has 1 N–H and O–H groups in total. The second-order valence-corrected chi connectivity index (χ2v) is 7.07. The predicted octanol–water partition coefficient (Wildman–Crippen LogP) is 3.09. The average molecular weight is 247 g/mol. The van der Waals surface area contributed by atoms with Gasteiger partial charge in [-0.15, -0.1) is 0 Å². The van der Waals surface area contributed by atoms with E-state index in [9.17, 15) is 0 Å². The lowest BCUT2D eigenvalue weighted by molar-refractivity contribution is -0.0184. The van der Waals surface area contributed by atoms with Crippen molar-refractivity contribution >= 4 is 0 Å². The summed E-state index contributed by atoms with van der Waals surface area (Å²) in [5, 5.41) is 3.88. The third kappa shape index (κ3) is 1.99. The summed E-state index contributed by atoms with van der Waals surface area (Å²) < 4.78 is 5.68. The average Bonchev–Trinajstić information content (AvgIpc) is 2.38. The molecule has 0 aromatic carbocycles. The molecule has 4 saturated carbocycles. The molecule has 100 valence electrons. The number of ether oxygens (including phenoxy) is 1. The van der Waals surface area contributed by atoms with Crippen molar-refractivity contribution in [2.24, 2.45) is 23.7 Å². The molecule has 5 aliphatic rings. The Bertz CT molecular complexity index is 310. The van der Waals surface area contributed by atoms with E-state index in [1.165, 1.54) is 38.5 Å². The maximum Gasteiger partial charge on any atom is 0.110 e. The number of hydrogen-bond donors (Lipinski definition) is 1. The normalized spacial score (nSPS) is 49.3. The van der Waals surface area contributed by atoms with E-state index in [2.05, 4.69) is 11.4 Å². The van der Waals surface area contributed by atoms with E-state index < -0.39 is 0 Å². The van der Waals surface area contributed by atoms with Crippen LogP contribution < -0.4 is 5.32 Å². The van der Waals surface area contributed by atoms with E-state index in [0.717, 1.165) is 36.3 Å². The van der Waals surface area contributed by atoms with Crippen molar-refractivity contribution in [1.29, 1.82) is 0 Å². The van der Waals surface area contributed by atoms with Gasteiger partial charge in [0.25, 0.3) is 0 Å². The van der Waals surface area contributed by atoms with E-state index in [1.54, 1.807) is 6.42 Å². The quantitative estimate of drug-likeness (QED) is 0.827. The zero-order valence-corrected chi connectivity index (χ0v) is 11.2. The first-order valence-electron chi connectivity index (χ1n) is 7.92. The molecule has 4 bridgehead atoms. The molecule has 1 heterocycles. The Morgan fingerprint density at radius 1 is 1.00 bits per heavy atom. The maximum absolute atomic E-state index is 5.68. The predicted molar refractivity (Wildman–Crippen MR) is 72.1 cm³/mol. The molecule has 1 aliphatic heterocycles. The zero-order valence-electron chi connectivity index (χ0n) is 11.2. The standard InChI is InChI=1S/C16H25NO/c1-2-4-18-15(3-1)10-17-16-13-6-11-5-12(8-13)9-14(16)7-11/h2,4,11-17H,1,3,5-10H2. The summed E-state index contributed by atoms with van der Waals surface area (Å²) in [6.45, 7) is 1.07. The molecule has 5 rings (SSSR count). The van der Waals surface area contributed by atoms with E-state index in [4.69, 9.17) is 4.74 Å². The molecule has 1 unspecified atom stereocenters. The van der Waals surface area contributed by atoms with Crippen LogP contribution in [-0.4, -0.2) is 18.7 Å². The van der Waals surface area contributed by atoms with Crippen LogP contribution >= 0.6 is 0 Å². The third-order valence-corrected chi connectivity index (χ3v) is 5.83. The summed E-state index contributed by atoms with van der Waals surface area (Å²) in [6, 6.07) is 0.812. The van der Waals surface area contributed by atoms with Crippen LogP contribution in [0.4, 0.5) is 0 Å². The van der Waals surface area contributed by atoms with Crippen LogP contribution in [0.1, 0.15) is 44.9 Å². The Morgan fingerprint density at radius 3 is 2.33 bits per heavy atom. The van der Waals surface area contributed by atoms with Crippen molar-refractivity contribution in [2.75, 3.05) is 6.54 Å². The molecule has 2 nitrogen and oxygen atoms in total. The lowest BCUT2D eigenvalue weighted by atomic mass is 9.54. The van der Waals surface area contributed by atoms with Crippen LogP contribution in [-0.2, 0) is 4.74 Å². The summed E-state index contributed by atoms with van der Waals surface area (Å²) in [4.78, 5) is 0. The van der Waals surface area contributed by atoms with Gasteiger partial charge in [-0.1, -0.05) is 0 Å². The van der Waals surface area contributed by atoms with Crippen LogP contribution in [0.15, 0.2) is 12.3 Å². The lowest BCUT2D eigenvalue weighted by Crippen LogP contribution is -2.55. The van der Waals surface area contributed by atoms with Gasteiger partial charge in [0, 0.05) is 12.6 Å². The summed E-state index contributed by atoms with van der Waals surface area (Å²) in [6.07, 6.45) is 14.4. The topological polar surface area (TPSA) is 21.3 Å². The van der Waals surface area contributed by atoms with Crippen molar-refractivity contribution in [2.45, 2.75) is 57.1 Å². The Kier molecular flexibility index (Phi) is 2.87. The van der Waals surface area contributed by atoms with Crippen molar-refractivity contribution in [3.63, 3.8) is 0 Å². The van der Waals surface area contributed by atoms with Gasteiger partial charge in [-0.2, -0.15) is 0 Å². The molecule has 0 radical (unpaired) electrons. The van der Waals surface area contributed by atoms with Gasteiger partial charge in [0.1, 0.15) is 6.10 Å². The molecular formula is C16H25NO. The minimum atomic E-state index is 0.423. The van der Waals surface area contributed by atoms with Gasteiger partial charge in [-0.25, -0.2) is 0 Å². The highest BCUT2D eigenvalue weighted by Gasteiger charge is 2.47. The number of nitrogens with one attached hydrogen (secondary N) is 1. The van der Waals surface area contributed by atoms with E-state index in [-0.39, 0.29) is 0 Å². The Hall–Kier alpha value is -0.500. The first-order valence-corrected chi connectivity index (χ1v) is 7.92. The molecule has 2 heteroatoms. The fraction of sp³-hybridized carbons (Fsp3) is 0.875. The van der Waals surface area contributed by atoms with E-state index in [0.29, 0.717) is 6.10 Å². The van der Waals surface area contributed by atoms with Crippen LogP contribution in [0.5, 0.6) is 0 Å². The van der Waals surface area contributed by atoms with Crippen molar-refractivity contribution in [1.82, 2.24) is 5.32 Å². The molecule has 0 saturated heterocycles. The summed E-state index contributed by atoms with van der Waals surface area (Å²) in [7, 11) is 0. The maximum atomic E-state index is 5.68. The minimum absolute atomic E-state index is 0.423. The van der Waals surface area contributed by atoms with Gasteiger partial charge in [0.05, 0.1) is 6.26 Å². The molecule has 4 aliphatic carbocycles. The van der Waals surface area contributed by atoms with Gasteiger partial charge in [-0.05, 0) is 74.7 Å². The number of rotatable bonds is 3. The first kappa shape index (κ1) is 11.3. The molecular weight excluding hydrogens is 222 g/mol. The van der Waals surface area contributed by atoms with Gasteiger partial charge in [-0.3, -0.25) is 0 Å². The van der Waals surface area contributed by atoms with Crippen molar-refractivity contribution < 1.29 is 4.74 Å². The molecule has 0 spiro atoms. The Labute approximate surface area is 110 Å². The number of allylic oxidation sites excluding steroid dienone is 1. The summed E-state index contributed by atoms with van der Waals surface area (Å²) in [5.74, 6) is 4.14. The van der Waals surface area contributed by atoms with Gasteiger partial charge >= 0.3 is 0 Å². The molecule has 18 heavy (non-hydrogen) atoms. The van der Waals surface area contributed by atoms with Crippen LogP contribution in [0.25, 0.3) is 0 Å². The van der Waals surface area contributed by atoms with Gasteiger partial charge in [0.15, 0.2) is 0 Å². The largest absolute Gasteiger partial charge is 0.497 e. The fourth-order valence-electron chi connectivity index (χ4n) is 5.26. The molecule has 4 fully saturated rings. The van der Waals surface area contributed by atoms with E-state index >= 15 is 0 Å². The molecule has 1 atom stereocenters. The third-order valence-electron chi connectivity index (χ3n) is 5.83. The lowest BCUT2D eigenvalue weighted by Gasteiger charge is -2.54. The highest BCUT2D eigenvalue weighted by atomic mass is 16.5. The SMILES string of the molecule is C1=COC(CNC2C3CC4CC(C3)CC2C4)CC1. The van der Waals surface area contributed by atoms with Crippen molar-refractivity contribution in [3.8, 4) is 0 Å². The second kappa shape index (κ2) is 4.56. The zero-order chi connectivity index (χ0) is 11.9. The van der Waals surface area contributed by atoms with Crippen LogP contribution in [0.3, 0.4) is 0 Å². The highest BCUT2D eigenvalue weighted by molar-refractivity contribution is 5.01. The first-order chi connectivity index (χ1) is 8.88. The molecule has 0 aromatic rings. The van der Waals surface area contributed by atoms with Crippen LogP contribution in [0.2, 0.25) is 0 Å². The van der Waals surface area contributed by atoms with Gasteiger partial charge in [0.2, 0.25) is 0 Å². The Balaban J connectivity index is 1.36. The fourth-order valence-corrected chi connectivity index (χ4v) is 5.26. The second-order valence-electron chi connectivity index (χ2n) is 7.07. The highest BCUT2D eigenvalue weighted by Crippen LogP contribution is 2.53. The monoisotopic (exact) mass is 247 g/mol. The summed E-state index contributed by atoms with van der Waals surface area (Å²) >= 11 is 0.